The van der Waals surface area contributed by atoms with Crippen molar-refractivity contribution >= 4 is 21.5 Å². The van der Waals surface area contributed by atoms with Gasteiger partial charge in [0.1, 0.15) is 36.8 Å². The predicted molar refractivity (Wildman–Crippen MR) is 119 cm³/mol. The molecule has 0 unspecified atom stereocenters. The first-order valence-corrected chi connectivity index (χ1v) is 12.7. The van der Waals surface area contributed by atoms with Crippen LogP contribution >= 0.6 is 15.6 Å². The van der Waals surface area contributed by atoms with Crippen molar-refractivity contribution in [3.05, 3.63) is 22.7 Å². The van der Waals surface area contributed by atoms with E-state index in [-0.39, 0.29) is 48.5 Å². The summed E-state index contributed by atoms with van der Waals surface area (Å²) >= 11 is 0. The maximum Gasteiger partial charge on any atom is 1.00 e. The van der Waals surface area contributed by atoms with Crippen LogP contribution in [0.25, 0.3) is 0 Å². The molecule has 1 aliphatic rings. The number of nitrogen functional groups attached to an aromatic ring is 1. The molecule has 0 amide bonds. The van der Waals surface area contributed by atoms with Gasteiger partial charge >= 0.3 is 50.9 Å². The van der Waals surface area contributed by atoms with E-state index in [4.69, 9.17) is 59.2 Å². The Hall–Kier alpha value is -0.340. The summed E-state index contributed by atoms with van der Waals surface area (Å²) in [5.41, 5.74) is 4.79. The number of ether oxygens (including phenoxy) is 1. The minimum Gasteiger partial charge on any atom is -0.394 e. The van der Waals surface area contributed by atoms with Gasteiger partial charge in [0.05, 0.1) is 40.9 Å². The SMILES string of the molecule is C[N+](C)(C)CCO.Nc1ccn(C[C@@H]2O[C@H](CO)[C@@H](O)[C@H]2O)c(=O)n1.O=P(O)(O)O.O=P(O)(O)O.[Na+]. The molecule has 0 radical (unpaired) electrons. The molecule has 18 nitrogen and oxygen atoms in total. The van der Waals surface area contributed by atoms with Crippen molar-refractivity contribution in [2.24, 2.45) is 0 Å². The number of aromatic nitrogens is 2. The van der Waals surface area contributed by atoms with E-state index in [1.165, 1.54) is 16.8 Å². The third-order valence-corrected chi connectivity index (χ3v) is 3.68. The number of hydrogen-bond donors (Lipinski definition) is 11. The van der Waals surface area contributed by atoms with Crippen LogP contribution in [-0.2, 0) is 20.4 Å². The molecule has 0 aliphatic carbocycles. The average Bonchev–Trinajstić information content (AvgIpc) is 2.88. The molecule has 1 aliphatic heterocycles. The molecule has 4 atom stereocenters. The number of aliphatic hydroxyl groups excluding tert-OH is 4. The number of nitrogens with zero attached hydrogens (tertiary/aromatic N) is 3. The van der Waals surface area contributed by atoms with Crippen molar-refractivity contribution in [3.63, 3.8) is 0 Å². The van der Waals surface area contributed by atoms with Gasteiger partial charge < -0.3 is 64.7 Å². The minimum atomic E-state index is -4.64. The quantitative estimate of drug-likeness (QED) is 0.0875. The number of phosphoric acid groups is 2. The van der Waals surface area contributed by atoms with Gasteiger partial charge in [-0.05, 0) is 6.07 Å². The van der Waals surface area contributed by atoms with Crippen molar-refractivity contribution < 1.29 is 97.7 Å². The van der Waals surface area contributed by atoms with Crippen LogP contribution in [-0.4, -0.2) is 129 Å². The van der Waals surface area contributed by atoms with Crippen LogP contribution in [0.3, 0.4) is 0 Å². The number of aliphatic hydroxyl groups is 4. The topological polar surface area (TPSA) is 307 Å². The number of nitrogens with two attached hydrogens (primary N) is 1. The Morgan fingerprint density at radius 1 is 1.00 bits per heavy atom. The summed E-state index contributed by atoms with van der Waals surface area (Å²) in [5.74, 6) is 0.109. The van der Waals surface area contributed by atoms with E-state index in [1.807, 2.05) is 0 Å². The zero-order valence-electron chi connectivity index (χ0n) is 20.2. The van der Waals surface area contributed by atoms with Crippen LogP contribution in [0.15, 0.2) is 17.1 Å². The Labute approximate surface area is 228 Å². The van der Waals surface area contributed by atoms with Gasteiger partial charge in [0.2, 0.25) is 0 Å². The van der Waals surface area contributed by atoms with Gasteiger partial charge in [-0.25, -0.2) is 13.9 Å². The molecule has 0 spiro atoms. The maximum absolute atomic E-state index is 11.5. The van der Waals surface area contributed by atoms with Crippen LogP contribution in [0.4, 0.5) is 5.82 Å². The molecule has 2 rings (SSSR count). The van der Waals surface area contributed by atoms with Crippen molar-refractivity contribution in [2.75, 3.05) is 46.6 Å². The third kappa shape index (κ3) is 24.0. The Morgan fingerprint density at radius 3 is 1.69 bits per heavy atom. The van der Waals surface area contributed by atoms with Gasteiger partial charge in [0.15, 0.2) is 0 Å². The molecule has 12 N–H and O–H groups in total. The summed E-state index contributed by atoms with van der Waals surface area (Å²) in [7, 11) is -3.12. The van der Waals surface area contributed by atoms with Crippen LogP contribution in [0.2, 0.25) is 0 Å². The first kappa shape index (κ1) is 40.2. The monoisotopic (exact) mass is 580 g/mol. The molecule has 208 valence electrons. The van der Waals surface area contributed by atoms with Crippen LogP contribution in [0.1, 0.15) is 0 Å². The van der Waals surface area contributed by atoms with E-state index in [9.17, 15) is 15.0 Å². The molecule has 0 saturated carbocycles. The standard InChI is InChI=1S/C10H15N3O5.C5H14NO.Na.2H3O4P/c11-7-1-2-13(10(17)12-7)3-5-8(15)9(16)6(4-14)18-5;1-6(2,3)4-5-7;;2*1-5(2,3)4/h1-2,5-6,8-9,14-16H,3-4H2,(H2,11,12,17);7H,4-5H2,1-3H3;;2*(H3,1,2,3,4)/q;2*+1;;/t5-,6+,8-,9+;;;;/m0..../s1. The first-order chi connectivity index (χ1) is 15.6. The Balaban J connectivity index is -0.000000502. The second-order valence-electron chi connectivity index (χ2n) is 7.93. The molecule has 1 aromatic heterocycles. The third-order valence-electron chi connectivity index (χ3n) is 3.68. The van der Waals surface area contributed by atoms with Crippen LogP contribution in [0.5, 0.6) is 0 Å². The van der Waals surface area contributed by atoms with E-state index in [0.29, 0.717) is 0 Å². The number of hydrogen-bond acceptors (Lipinski definition) is 10. The predicted octanol–water partition coefficient (Wildman–Crippen LogP) is -7.86. The number of likely N-dealkylation sites (N-methyl/N-ethyl adjacent to an activating group) is 1. The largest absolute Gasteiger partial charge is 1.00 e. The fourth-order valence-corrected chi connectivity index (χ4v) is 2.20. The van der Waals surface area contributed by atoms with Gasteiger partial charge in [-0.3, -0.25) is 4.57 Å². The fraction of sp³-hybridized carbons (Fsp3) is 0.733. The molecule has 2 heterocycles. The van der Waals surface area contributed by atoms with Gasteiger partial charge in [-0.15, -0.1) is 0 Å². The first-order valence-electron chi connectivity index (χ1n) is 9.52. The summed E-state index contributed by atoms with van der Waals surface area (Å²) < 4.78 is 25.1. The van der Waals surface area contributed by atoms with Gasteiger partial charge in [0, 0.05) is 6.20 Å². The molecule has 21 heteroatoms. The molecule has 1 fully saturated rings. The summed E-state index contributed by atoms with van der Waals surface area (Å²) in [6.07, 6.45) is -2.52. The second kappa shape index (κ2) is 18.0. The Morgan fingerprint density at radius 2 is 1.42 bits per heavy atom. The summed E-state index contributed by atoms with van der Waals surface area (Å²) in [6, 6.07) is 1.45. The molecular formula is C15H35N4NaO14P2+2. The smallest absolute Gasteiger partial charge is 0.394 e. The van der Waals surface area contributed by atoms with E-state index in [0.717, 1.165) is 11.0 Å². The van der Waals surface area contributed by atoms with E-state index >= 15 is 0 Å². The average molecular weight is 580 g/mol. The van der Waals surface area contributed by atoms with E-state index in [1.54, 1.807) is 0 Å². The molecule has 1 aromatic rings. The minimum absolute atomic E-state index is 0. The maximum atomic E-state index is 11.5. The van der Waals surface area contributed by atoms with Gasteiger partial charge in [0.25, 0.3) is 0 Å². The summed E-state index contributed by atoms with van der Waals surface area (Å²) in [5, 5.41) is 36.6. The molecule has 0 aromatic carbocycles. The fourth-order valence-electron chi connectivity index (χ4n) is 2.20. The van der Waals surface area contributed by atoms with Crippen molar-refractivity contribution in [3.8, 4) is 0 Å². The van der Waals surface area contributed by atoms with Crippen molar-refractivity contribution in [1.29, 1.82) is 0 Å². The van der Waals surface area contributed by atoms with E-state index < -0.39 is 52.4 Å². The molecular weight excluding hydrogens is 545 g/mol. The van der Waals surface area contributed by atoms with Crippen LogP contribution < -0.4 is 41.0 Å². The van der Waals surface area contributed by atoms with Crippen molar-refractivity contribution in [1.82, 2.24) is 9.55 Å². The molecule has 1 saturated heterocycles. The summed E-state index contributed by atoms with van der Waals surface area (Å²) in [4.78, 5) is 58.1. The second-order valence-corrected chi connectivity index (χ2v) is 9.98. The Bertz CT molecular complexity index is 853. The molecule has 36 heavy (non-hydrogen) atoms. The summed E-state index contributed by atoms with van der Waals surface area (Å²) in [6.45, 7) is 0.744. The van der Waals surface area contributed by atoms with Gasteiger partial charge in [-0.2, -0.15) is 4.98 Å². The van der Waals surface area contributed by atoms with Crippen LogP contribution in [0, 0.1) is 0 Å². The number of rotatable bonds is 5. The Kier molecular flexibility index (Phi) is 20.1. The zero-order valence-corrected chi connectivity index (χ0v) is 24.0. The van der Waals surface area contributed by atoms with Crippen molar-refractivity contribution in [2.45, 2.75) is 31.0 Å². The molecule has 0 bridgehead atoms. The number of anilines is 1. The van der Waals surface area contributed by atoms with Gasteiger partial charge in [-0.1, -0.05) is 0 Å². The zero-order chi connectivity index (χ0) is 28.2. The number of quaternary nitrogens is 1. The van der Waals surface area contributed by atoms with E-state index in [2.05, 4.69) is 26.1 Å². The normalized spacial score (nSPS) is 21.5.